The van der Waals surface area contributed by atoms with Gasteiger partial charge in [-0.05, 0) is 61.9 Å². The Hall–Kier alpha value is -0.0400. The van der Waals surface area contributed by atoms with Gasteiger partial charge in [-0.25, -0.2) is 0 Å². The van der Waals surface area contributed by atoms with Crippen LogP contribution in [0.3, 0.4) is 0 Å². The second kappa shape index (κ2) is 6.05. The van der Waals surface area contributed by atoms with Crippen molar-refractivity contribution in [2.24, 2.45) is 23.2 Å². The molecule has 1 heteroatoms. The highest BCUT2D eigenvalue weighted by atomic mass is 14.9. The largest absolute Gasteiger partial charge is 0.316 e. The van der Waals surface area contributed by atoms with Crippen molar-refractivity contribution in [3.8, 4) is 0 Å². The van der Waals surface area contributed by atoms with Crippen molar-refractivity contribution in [3.05, 3.63) is 0 Å². The van der Waals surface area contributed by atoms with Gasteiger partial charge in [0.2, 0.25) is 0 Å². The molecule has 3 atom stereocenters. The van der Waals surface area contributed by atoms with Crippen LogP contribution in [0.15, 0.2) is 0 Å². The summed E-state index contributed by atoms with van der Waals surface area (Å²) in [5.41, 5.74) is 0.510. The van der Waals surface area contributed by atoms with Gasteiger partial charge in [-0.3, -0.25) is 0 Å². The van der Waals surface area contributed by atoms with Gasteiger partial charge in [-0.2, -0.15) is 0 Å². The summed E-state index contributed by atoms with van der Waals surface area (Å²) in [7, 11) is 0. The average Bonchev–Trinajstić information content (AvgIpc) is 2.19. The van der Waals surface area contributed by atoms with E-state index in [0.717, 1.165) is 17.8 Å². The molecule has 0 aromatic rings. The van der Waals surface area contributed by atoms with Crippen molar-refractivity contribution in [3.63, 3.8) is 0 Å². The number of hydrogen-bond donors (Lipinski definition) is 1. The fourth-order valence-electron chi connectivity index (χ4n) is 3.01. The number of hydrogen-bond acceptors (Lipinski definition) is 1. The zero-order valence-corrected chi connectivity index (χ0v) is 12.0. The highest BCUT2D eigenvalue weighted by Gasteiger charge is 2.33. The van der Waals surface area contributed by atoms with E-state index < -0.39 is 0 Å². The van der Waals surface area contributed by atoms with Gasteiger partial charge < -0.3 is 5.32 Å². The topological polar surface area (TPSA) is 12.0 Å². The van der Waals surface area contributed by atoms with Crippen molar-refractivity contribution in [1.82, 2.24) is 5.32 Å². The second-order valence-electron chi connectivity index (χ2n) is 6.82. The van der Waals surface area contributed by atoms with E-state index in [9.17, 15) is 0 Å². The van der Waals surface area contributed by atoms with Crippen LogP contribution < -0.4 is 5.32 Å². The molecule has 16 heavy (non-hydrogen) atoms. The summed E-state index contributed by atoms with van der Waals surface area (Å²) in [5.74, 6) is 2.76. The maximum Gasteiger partial charge on any atom is -0.00180 e. The molecule has 0 amide bonds. The lowest BCUT2D eigenvalue weighted by Gasteiger charge is -2.40. The Balaban J connectivity index is 2.34. The zero-order valence-electron chi connectivity index (χ0n) is 12.0. The quantitative estimate of drug-likeness (QED) is 0.711. The van der Waals surface area contributed by atoms with E-state index >= 15 is 0 Å². The lowest BCUT2D eigenvalue weighted by Crippen LogP contribution is -2.35. The van der Waals surface area contributed by atoms with Crippen LogP contribution in [0, 0.1) is 23.2 Å². The number of rotatable bonds is 4. The Morgan fingerprint density at radius 3 is 2.38 bits per heavy atom. The van der Waals surface area contributed by atoms with Gasteiger partial charge in [-0.1, -0.05) is 34.6 Å². The molecule has 0 saturated heterocycles. The highest BCUT2D eigenvalue weighted by molar-refractivity contribution is 4.84. The summed E-state index contributed by atoms with van der Waals surface area (Å²) in [6.45, 7) is 14.3. The molecule has 1 nitrogen and oxygen atoms in total. The van der Waals surface area contributed by atoms with Gasteiger partial charge >= 0.3 is 0 Å². The summed E-state index contributed by atoms with van der Waals surface area (Å²) in [4.78, 5) is 0. The van der Waals surface area contributed by atoms with Gasteiger partial charge in [-0.15, -0.1) is 0 Å². The third kappa shape index (κ3) is 4.08. The predicted molar refractivity (Wildman–Crippen MR) is 72.6 cm³/mol. The van der Waals surface area contributed by atoms with Crippen molar-refractivity contribution in [1.29, 1.82) is 0 Å². The van der Waals surface area contributed by atoms with Crippen molar-refractivity contribution in [2.75, 3.05) is 13.1 Å². The smallest absolute Gasteiger partial charge is 0.00180 e. The molecule has 96 valence electrons. The van der Waals surface area contributed by atoms with Gasteiger partial charge in [0.1, 0.15) is 0 Å². The minimum absolute atomic E-state index is 0.510. The van der Waals surface area contributed by atoms with Crippen molar-refractivity contribution < 1.29 is 0 Å². The van der Waals surface area contributed by atoms with Crippen LogP contribution in [0.4, 0.5) is 0 Å². The fourth-order valence-corrected chi connectivity index (χ4v) is 3.01. The number of nitrogens with one attached hydrogen (secondary N) is 1. The molecule has 0 bridgehead atoms. The Labute approximate surface area is 102 Å². The third-order valence-corrected chi connectivity index (χ3v) is 4.41. The molecule has 1 saturated carbocycles. The molecule has 0 aliphatic heterocycles. The minimum atomic E-state index is 0.510. The second-order valence-corrected chi connectivity index (χ2v) is 6.82. The van der Waals surface area contributed by atoms with Crippen molar-refractivity contribution in [2.45, 2.75) is 60.3 Å². The first-order valence-corrected chi connectivity index (χ1v) is 7.15. The highest BCUT2D eigenvalue weighted by Crippen LogP contribution is 2.42. The van der Waals surface area contributed by atoms with Gasteiger partial charge in [0.25, 0.3) is 0 Å². The van der Waals surface area contributed by atoms with E-state index in [1.807, 2.05) is 0 Å². The average molecular weight is 225 g/mol. The van der Waals surface area contributed by atoms with Gasteiger partial charge in [0, 0.05) is 0 Å². The minimum Gasteiger partial charge on any atom is -0.316 e. The lowest BCUT2D eigenvalue weighted by atomic mass is 9.66. The summed E-state index contributed by atoms with van der Waals surface area (Å²) in [5, 5.41) is 3.59. The molecule has 1 aliphatic rings. The molecule has 0 spiro atoms. The molecule has 3 unspecified atom stereocenters. The van der Waals surface area contributed by atoms with Crippen LogP contribution >= 0.6 is 0 Å². The first-order chi connectivity index (χ1) is 7.45. The maximum absolute atomic E-state index is 3.59. The fraction of sp³-hybridized carbons (Fsp3) is 1.00. The molecule has 0 heterocycles. The van der Waals surface area contributed by atoms with Crippen LogP contribution in [0.2, 0.25) is 0 Å². The van der Waals surface area contributed by atoms with Crippen LogP contribution in [-0.2, 0) is 0 Å². The lowest BCUT2D eigenvalue weighted by molar-refractivity contribution is 0.106. The molecule has 1 aliphatic carbocycles. The Kier molecular flexibility index (Phi) is 5.30. The molecule has 1 rings (SSSR count). The molecule has 1 fully saturated rings. The first kappa shape index (κ1) is 14.0. The monoisotopic (exact) mass is 225 g/mol. The van der Waals surface area contributed by atoms with Crippen LogP contribution in [0.5, 0.6) is 0 Å². The molecular formula is C15H31N. The van der Waals surface area contributed by atoms with E-state index in [-0.39, 0.29) is 0 Å². The summed E-state index contributed by atoms with van der Waals surface area (Å²) >= 11 is 0. The molecule has 0 radical (unpaired) electrons. The summed E-state index contributed by atoms with van der Waals surface area (Å²) < 4.78 is 0. The van der Waals surface area contributed by atoms with Crippen LogP contribution in [-0.4, -0.2) is 13.1 Å². The molecule has 0 aromatic carbocycles. The molecular weight excluding hydrogens is 194 g/mol. The van der Waals surface area contributed by atoms with Crippen LogP contribution in [0.1, 0.15) is 60.3 Å². The standard InChI is InChI=1S/C15H31N/c1-6-9-16-11-13-7-8-14(10-12(13)2)15(3,4)5/h12-14,16H,6-11H2,1-5H3. The SMILES string of the molecule is CCCNCC1CCC(C(C)(C)C)CC1C. The normalized spacial score (nSPS) is 31.7. The summed E-state index contributed by atoms with van der Waals surface area (Å²) in [6.07, 6.45) is 5.56. The van der Waals surface area contributed by atoms with Gasteiger partial charge in [0.15, 0.2) is 0 Å². The predicted octanol–water partition coefficient (Wildman–Crippen LogP) is 4.08. The van der Waals surface area contributed by atoms with Crippen LogP contribution in [0.25, 0.3) is 0 Å². The third-order valence-electron chi connectivity index (χ3n) is 4.41. The molecule has 0 aromatic heterocycles. The Morgan fingerprint density at radius 2 is 1.88 bits per heavy atom. The molecule has 1 N–H and O–H groups in total. The van der Waals surface area contributed by atoms with E-state index in [2.05, 4.69) is 39.9 Å². The van der Waals surface area contributed by atoms with Gasteiger partial charge in [0.05, 0.1) is 0 Å². The summed E-state index contributed by atoms with van der Waals surface area (Å²) in [6, 6.07) is 0. The zero-order chi connectivity index (χ0) is 12.2. The van der Waals surface area contributed by atoms with Crippen molar-refractivity contribution >= 4 is 0 Å². The maximum atomic E-state index is 3.59. The van der Waals surface area contributed by atoms with E-state index in [0.29, 0.717) is 5.41 Å². The van der Waals surface area contributed by atoms with E-state index in [1.165, 1.54) is 38.8 Å². The van der Waals surface area contributed by atoms with E-state index in [1.54, 1.807) is 0 Å². The first-order valence-electron chi connectivity index (χ1n) is 7.15. The van der Waals surface area contributed by atoms with E-state index in [4.69, 9.17) is 0 Å². The Morgan fingerprint density at radius 1 is 1.19 bits per heavy atom. The Bertz CT molecular complexity index is 192.